The monoisotopic (exact) mass is 674 g/mol. The normalized spacial score (nSPS) is 10.7. The molecule has 2 heterocycles. The molecule has 242 valence electrons. The van der Waals surface area contributed by atoms with Crippen LogP contribution in [-0.4, -0.2) is 41.3 Å². The molecule has 0 spiro atoms. The van der Waals surface area contributed by atoms with Gasteiger partial charge in [0, 0.05) is 35.7 Å². The van der Waals surface area contributed by atoms with Gasteiger partial charge in [0.1, 0.15) is 28.7 Å². The summed E-state index contributed by atoms with van der Waals surface area (Å²) in [4.78, 5) is 15.7. The number of carbonyl (C=O) groups excluding carboxylic acids is 1. The molecule has 0 saturated heterocycles. The molecule has 0 amide bonds. The van der Waals surface area contributed by atoms with Crippen LogP contribution in [0.3, 0.4) is 0 Å². The van der Waals surface area contributed by atoms with Gasteiger partial charge in [-0.3, -0.25) is 4.79 Å². The number of ketones is 1. The van der Waals surface area contributed by atoms with Crippen molar-refractivity contribution in [3.8, 4) is 49.6 Å². The molecule has 2 aromatic heterocycles. The van der Waals surface area contributed by atoms with Crippen molar-refractivity contribution in [1.29, 1.82) is 0 Å². The van der Waals surface area contributed by atoms with Gasteiger partial charge < -0.3 is 23.7 Å². The summed E-state index contributed by atoms with van der Waals surface area (Å²) in [5.41, 5.74) is 3.50. The van der Waals surface area contributed by atoms with E-state index in [0.29, 0.717) is 11.1 Å². The van der Waals surface area contributed by atoms with Gasteiger partial charge in [-0.25, -0.2) is 0 Å². The maximum absolute atomic E-state index is 13.5. The molecule has 0 N–H and O–H groups in total. The van der Waals surface area contributed by atoms with Gasteiger partial charge in [-0.1, -0.05) is 0 Å². The van der Waals surface area contributed by atoms with Crippen molar-refractivity contribution in [1.82, 2.24) is 0 Å². The van der Waals surface area contributed by atoms with Crippen LogP contribution >= 0.6 is 22.7 Å². The lowest BCUT2D eigenvalue weighted by atomic mass is 9.97. The molecule has 0 radical (unpaired) electrons. The van der Waals surface area contributed by atoms with E-state index in [2.05, 4.69) is 30.3 Å². The molecule has 0 unspecified atom stereocenters. The van der Waals surface area contributed by atoms with Crippen molar-refractivity contribution in [2.75, 3.05) is 35.5 Å². The van der Waals surface area contributed by atoms with Crippen molar-refractivity contribution in [3.63, 3.8) is 0 Å². The number of ether oxygens (including phenoxy) is 5. The fourth-order valence-electron chi connectivity index (χ4n) is 5.30. The van der Waals surface area contributed by atoms with Crippen LogP contribution in [0.2, 0.25) is 0 Å². The van der Waals surface area contributed by atoms with Gasteiger partial charge >= 0.3 is 0 Å². The number of rotatable bonds is 9. The minimum atomic E-state index is -0.0186. The summed E-state index contributed by atoms with van der Waals surface area (Å²) in [6.07, 6.45) is 0. The molecule has 0 atom stereocenters. The average molecular weight is 675 g/mol. The fourth-order valence-corrected chi connectivity index (χ4v) is 7.63. The first-order valence-electron chi connectivity index (χ1n) is 15.1. The van der Waals surface area contributed by atoms with Crippen molar-refractivity contribution in [2.24, 2.45) is 0 Å². The Labute approximate surface area is 287 Å². The molecule has 7 aromatic rings. The zero-order valence-corrected chi connectivity index (χ0v) is 28.9. The quantitative estimate of drug-likeness (QED) is 0.142. The summed E-state index contributed by atoms with van der Waals surface area (Å²) in [6.45, 7) is 0. The fraction of sp³-hybridized carbons (Fsp3) is 0.125. The molecule has 5 aromatic carbocycles. The van der Waals surface area contributed by atoms with Crippen LogP contribution in [0, 0.1) is 0 Å². The van der Waals surface area contributed by atoms with Gasteiger partial charge in [0.05, 0.1) is 35.5 Å². The molecular formula is C40H34O6S2. The largest absolute Gasteiger partial charge is 0.497 e. The number of hydrogen-bond acceptors (Lipinski definition) is 8. The Bertz CT molecular complexity index is 2160. The summed E-state index contributed by atoms with van der Waals surface area (Å²) < 4.78 is 28.5. The van der Waals surface area contributed by atoms with Crippen molar-refractivity contribution >= 4 is 48.6 Å². The first kappa shape index (κ1) is 32.6. The molecule has 0 aliphatic heterocycles. The molecule has 0 saturated carbocycles. The lowest BCUT2D eigenvalue weighted by molar-refractivity contribution is 0.104. The standard InChI is InChI=1S/C24H20O4S.C16H14O2S/c1-26-17-8-4-15(5-9-17)23(25)22-20-13-12-19(28-3)14-21(20)29-24(22)16-6-10-18(27-2)11-7-16;1-17-13-6-3-11(4-7-13)15-9-12-5-8-14(18-2)10-16(12)19-15/h4-14H,1-3H3;3-10H,1-2H3. The number of thiophene rings is 2. The summed E-state index contributed by atoms with van der Waals surface area (Å²) in [5, 5.41) is 2.17. The van der Waals surface area contributed by atoms with E-state index in [-0.39, 0.29) is 5.78 Å². The SMILES string of the molecule is COc1ccc(-c2cc3ccc(OC)cc3s2)cc1.COc1ccc(C(=O)c2c(-c3ccc(OC)cc3)sc3cc(OC)ccc23)cc1. The lowest BCUT2D eigenvalue weighted by Gasteiger charge is -2.07. The van der Waals surface area contributed by atoms with Crippen LogP contribution in [0.15, 0.2) is 115 Å². The van der Waals surface area contributed by atoms with E-state index in [4.69, 9.17) is 23.7 Å². The van der Waals surface area contributed by atoms with Gasteiger partial charge in [-0.2, -0.15) is 0 Å². The van der Waals surface area contributed by atoms with E-state index >= 15 is 0 Å². The first-order valence-corrected chi connectivity index (χ1v) is 16.7. The summed E-state index contributed by atoms with van der Waals surface area (Å²) in [5.74, 6) is 4.02. The minimum absolute atomic E-state index is 0.0186. The van der Waals surface area contributed by atoms with E-state index in [1.54, 1.807) is 82.5 Å². The van der Waals surface area contributed by atoms with Gasteiger partial charge in [0.2, 0.25) is 0 Å². The smallest absolute Gasteiger partial charge is 0.195 e. The number of carbonyl (C=O) groups is 1. The first-order chi connectivity index (χ1) is 23.4. The molecule has 0 aliphatic carbocycles. The molecule has 6 nitrogen and oxygen atoms in total. The highest BCUT2D eigenvalue weighted by molar-refractivity contribution is 7.23. The van der Waals surface area contributed by atoms with E-state index in [0.717, 1.165) is 49.3 Å². The average Bonchev–Trinajstić information content (AvgIpc) is 3.76. The van der Waals surface area contributed by atoms with Crippen LogP contribution in [-0.2, 0) is 0 Å². The number of fused-ring (bicyclic) bond motifs is 2. The third-order valence-electron chi connectivity index (χ3n) is 7.93. The molecule has 0 bridgehead atoms. The van der Waals surface area contributed by atoms with Gasteiger partial charge in [0.25, 0.3) is 0 Å². The maximum Gasteiger partial charge on any atom is 0.195 e. The van der Waals surface area contributed by atoms with Crippen LogP contribution in [0.1, 0.15) is 15.9 Å². The zero-order valence-electron chi connectivity index (χ0n) is 27.2. The minimum Gasteiger partial charge on any atom is -0.497 e. The Hall–Kier alpha value is -5.31. The predicted octanol–water partition coefficient (Wildman–Crippen LogP) is 10.4. The van der Waals surface area contributed by atoms with Crippen molar-refractivity contribution in [3.05, 3.63) is 126 Å². The summed E-state index contributed by atoms with van der Waals surface area (Å²) >= 11 is 3.36. The highest BCUT2D eigenvalue weighted by Crippen LogP contribution is 2.42. The van der Waals surface area contributed by atoms with E-state index in [1.807, 2.05) is 60.7 Å². The van der Waals surface area contributed by atoms with Gasteiger partial charge in [-0.15, -0.1) is 22.7 Å². The molecule has 8 heteroatoms. The highest BCUT2D eigenvalue weighted by Gasteiger charge is 2.22. The van der Waals surface area contributed by atoms with E-state index in [9.17, 15) is 4.79 Å². The third-order valence-corrected chi connectivity index (χ3v) is 10.3. The number of benzene rings is 5. The number of hydrogen-bond donors (Lipinski definition) is 0. The summed E-state index contributed by atoms with van der Waals surface area (Å²) in [6, 6.07) is 37.3. The molecule has 0 aliphatic rings. The van der Waals surface area contributed by atoms with Crippen LogP contribution in [0.25, 0.3) is 41.1 Å². The second kappa shape index (κ2) is 14.6. The predicted molar refractivity (Wildman–Crippen MR) is 197 cm³/mol. The Kier molecular flexibility index (Phi) is 9.94. The summed E-state index contributed by atoms with van der Waals surface area (Å²) in [7, 11) is 8.26. The third kappa shape index (κ3) is 6.86. The Morgan fingerprint density at radius 3 is 1.52 bits per heavy atom. The topological polar surface area (TPSA) is 63.2 Å². The Morgan fingerprint density at radius 1 is 0.479 bits per heavy atom. The van der Waals surface area contributed by atoms with Crippen LogP contribution in [0.4, 0.5) is 0 Å². The molecule has 7 rings (SSSR count). The van der Waals surface area contributed by atoms with Gasteiger partial charge in [0.15, 0.2) is 5.78 Å². The lowest BCUT2D eigenvalue weighted by Crippen LogP contribution is -2.02. The maximum atomic E-state index is 13.5. The van der Waals surface area contributed by atoms with Gasteiger partial charge in [-0.05, 0) is 132 Å². The molecule has 48 heavy (non-hydrogen) atoms. The van der Waals surface area contributed by atoms with E-state index < -0.39 is 0 Å². The molecule has 0 fully saturated rings. The number of methoxy groups -OCH3 is 5. The Balaban J connectivity index is 0.000000182. The zero-order chi connectivity index (χ0) is 33.6. The second-order valence-corrected chi connectivity index (χ2v) is 12.8. The molecular weight excluding hydrogens is 641 g/mol. The van der Waals surface area contributed by atoms with Crippen molar-refractivity contribution in [2.45, 2.75) is 0 Å². The second-order valence-electron chi connectivity index (χ2n) is 10.7. The van der Waals surface area contributed by atoms with Crippen LogP contribution in [0.5, 0.6) is 28.7 Å². The van der Waals surface area contributed by atoms with Crippen molar-refractivity contribution < 1.29 is 28.5 Å². The highest BCUT2D eigenvalue weighted by atomic mass is 32.1. The Morgan fingerprint density at radius 2 is 0.958 bits per heavy atom. The van der Waals surface area contributed by atoms with Crippen LogP contribution < -0.4 is 23.7 Å². The van der Waals surface area contributed by atoms with E-state index in [1.165, 1.54) is 20.5 Å².